The van der Waals surface area contributed by atoms with Crippen molar-refractivity contribution in [3.05, 3.63) is 29.7 Å². The molecule has 36 heavy (non-hydrogen) atoms. The standard InChI is InChI=1S/C24H31F3N6O3/c1-12-18-20(33(6)19(21(34)31-18)13(2)36-23(3,4)5)32-22(29-12)30-14-9-16(10-14)35-15-7-8-17(28-11-15)24(25,26)27/h7-8,11,13-14,16,19H,9-10H2,1-6H3,(H,31,34)(H,29,30,32). The number of pyridine rings is 1. The molecule has 9 nitrogen and oxygen atoms in total. The summed E-state index contributed by atoms with van der Waals surface area (Å²) in [6, 6.07) is 1.66. The van der Waals surface area contributed by atoms with Crippen LogP contribution in [0.4, 0.5) is 30.6 Å². The molecular formula is C24H31F3N6O3. The number of nitrogens with zero attached hydrogens (tertiary/aromatic N) is 4. The Labute approximate surface area is 207 Å². The summed E-state index contributed by atoms with van der Waals surface area (Å²) >= 11 is 0. The van der Waals surface area contributed by atoms with E-state index in [1.165, 1.54) is 6.07 Å². The monoisotopic (exact) mass is 508 g/mol. The second-order valence-electron chi connectivity index (χ2n) is 10.2. The third-order valence-electron chi connectivity index (χ3n) is 6.08. The number of alkyl halides is 3. The Morgan fingerprint density at radius 2 is 1.89 bits per heavy atom. The fourth-order valence-electron chi connectivity index (χ4n) is 4.45. The fraction of sp³-hybridized carbons (Fsp3) is 0.583. The van der Waals surface area contributed by atoms with Gasteiger partial charge in [0, 0.05) is 25.9 Å². The first kappa shape index (κ1) is 25.9. The van der Waals surface area contributed by atoms with E-state index in [1.807, 2.05) is 39.6 Å². The third kappa shape index (κ3) is 5.63. The molecule has 2 unspecified atom stereocenters. The van der Waals surface area contributed by atoms with Crippen molar-refractivity contribution in [2.75, 3.05) is 22.6 Å². The number of carbonyl (C=O) groups is 1. The van der Waals surface area contributed by atoms with Crippen molar-refractivity contribution < 1.29 is 27.4 Å². The summed E-state index contributed by atoms with van der Waals surface area (Å²) in [5.41, 5.74) is -0.162. The van der Waals surface area contributed by atoms with E-state index in [1.54, 1.807) is 6.92 Å². The number of nitrogens with one attached hydrogen (secondary N) is 2. The van der Waals surface area contributed by atoms with Gasteiger partial charge in [0.2, 0.25) is 11.9 Å². The lowest BCUT2D eigenvalue weighted by molar-refractivity contribution is -0.141. The van der Waals surface area contributed by atoms with E-state index >= 15 is 0 Å². The first-order chi connectivity index (χ1) is 16.7. The minimum atomic E-state index is -4.48. The molecule has 0 spiro atoms. The predicted molar refractivity (Wildman–Crippen MR) is 128 cm³/mol. The number of aryl methyl sites for hydroxylation is 1. The van der Waals surface area contributed by atoms with Crippen LogP contribution in [-0.4, -0.2) is 57.8 Å². The highest BCUT2D eigenvalue weighted by Gasteiger charge is 2.39. The molecule has 1 aliphatic heterocycles. The van der Waals surface area contributed by atoms with Gasteiger partial charge in [-0.05, 0) is 46.8 Å². The molecule has 0 radical (unpaired) electrons. The number of amides is 1. The van der Waals surface area contributed by atoms with Crippen LogP contribution in [0.1, 0.15) is 51.9 Å². The molecule has 2 atom stereocenters. The number of ether oxygens (including phenoxy) is 2. The highest BCUT2D eigenvalue weighted by atomic mass is 19.4. The molecule has 0 bridgehead atoms. The van der Waals surface area contributed by atoms with Gasteiger partial charge in [0.05, 0.1) is 23.6 Å². The van der Waals surface area contributed by atoms with Crippen molar-refractivity contribution in [3.63, 3.8) is 0 Å². The lowest BCUT2D eigenvalue weighted by Gasteiger charge is -2.40. The van der Waals surface area contributed by atoms with Crippen molar-refractivity contribution >= 4 is 23.4 Å². The molecule has 2 N–H and O–H groups in total. The maximum atomic E-state index is 12.8. The molecule has 2 aliphatic rings. The third-order valence-corrected chi connectivity index (χ3v) is 6.08. The van der Waals surface area contributed by atoms with E-state index in [4.69, 9.17) is 9.47 Å². The normalized spacial score (nSPS) is 22.9. The number of hydrogen-bond donors (Lipinski definition) is 2. The lowest BCUT2D eigenvalue weighted by Crippen LogP contribution is -2.54. The Hall–Kier alpha value is -3.15. The van der Waals surface area contributed by atoms with Gasteiger partial charge in [0.15, 0.2) is 5.82 Å². The van der Waals surface area contributed by atoms with Gasteiger partial charge in [0.25, 0.3) is 0 Å². The van der Waals surface area contributed by atoms with Gasteiger partial charge in [-0.1, -0.05) is 0 Å². The minimum Gasteiger partial charge on any atom is -0.489 e. The van der Waals surface area contributed by atoms with E-state index in [9.17, 15) is 18.0 Å². The van der Waals surface area contributed by atoms with Crippen LogP contribution in [0.25, 0.3) is 0 Å². The number of anilines is 3. The summed E-state index contributed by atoms with van der Waals surface area (Å²) in [6.07, 6.45) is -2.66. The molecular weight excluding hydrogens is 477 g/mol. The quantitative estimate of drug-likeness (QED) is 0.599. The number of carbonyl (C=O) groups excluding carboxylic acids is 1. The van der Waals surface area contributed by atoms with Crippen molar-refractivity contribution in [1.82, 2.24) is 15.0 Å². The summed E-state index contributed by atoms with van der Waals surface area (Å²) in [5, 5.41) is 6.21. The topological polar surface area (TPSA) is 102 Å². The van der Waals surface area contributed by atoms with Crippen molar-refractivity contribution in [3.8, 4) is 5.75 Å². The summed E-state index contributed by atoms with van der Waals surface area (Å²) < 4.78 is 49.8. The van der Waals surface area contributed by atoms with E-state index in [0.29, 0.717) is 41.7 Å². The van der Waals surface area contributed by atoms with Gasteiger partial charge < -0.3 is 25.0 Å². The molecule has 196 valence electrons. The molecule has 0 aromatic carbocycles. The first-order valence-electron chi connectivity index (χ1n) is 11.8. The van der Waals surface area contributed by atoms with Gasteiger partial charge in [-0.2, -0.15) is 18.2 Å². The highest BCUT2D eigenvalue weighted by Crippen LogP contribution is 2.36. The Kier molecular flexibility index (Phi) is 6.76. The van der Waals surface area contributed by atoms with Crippen molar-refractivity contribution in [1.29, 1.82) is 0 Å². The molecule has 1 fully saturated rings. The number of likely N-dealkylation sites (N-methyl/N-ethyl adjacent to an activating group) is 1. The van der Waals surface area contributed by atoms with Crippen LogP contribution in [0.2, 0.25) is 0 Å². The van der Waals surface area contributed by atoms with Crippen LogP contribution in [0.15, 0.2) is 18.3 Å². The summed E-state index contributed by atoms with van der Waals surface area (Å²) in [4.78, 5) is 27.2. The SMILES string of the molecule is Cc1nc(NC2CC(Oc3ccc(C(F)(F)F)nc3)C2)nc2c1NC(=O)C(C(C)OC(C)(C)C)N2C. The number of rotatable bonds is 6. The number of hydrogen-bond acceptors (Lipinski definition) is 8. The van der Waals surface area contributed by atoms with Gasteiger partial charge in [-0.3, -0.25) is 4.79 Å². The zero-order valence-corrected chi connectivity index (χ0v) is 21.1. The highest BCUT2D eigenvalue weighted by molar-refractivity contribution is 6.03. The zero-order valence-electron chi connectivity index (χ0n) is 21.1. The summed E-state index contributed by atoms with van der Waals surface area (Å²) in [7, 11) is 1.81. The van der Waals surface area contributed by atoms with Gasteiger partial charge in [0.1, 0.15) is 29.3 Å². The van der Waals surface area contributed by atoms with Crippen LogP contribution in [-0.2, 0) is 15.7 Å². The molecule has 4 rings (SSSR count). The van der Waals surface area contributed by atoms with Gasteiger partial charge in [-0.15, -0.1) is 0 Å². The molecule has 1 saturated carbocycles. The van der Waals surface area contributed by atoms with Gasteiger partial charge in [-0.25, -0.2) is 9.97 Å². The molecule has 3 heterocycles. The molecule has 1 amide bonds. The maximum absolute atomic E-state index is 12.8. The number of fused-ring (bicyclic) bond motifs is 1. The van der Waals surface area contributed by atoms with E-state index in [2.05, 4.69) is 25.6 Å². The average Bonchev–Trinajstić information content (AvgIpc) is 2.71. The molecule has 0 saturated heterocycles. The summed E-state index contributed by atoms with van der Waals surface area (Å²) in [5.74, 6) is 1.15. The largest absolute Gasteiger partial charge is 0.489 e. The first-order valence-corrected chi connectivity index (χ1v) is 11.8. The van der Waals surface area contributed by atoms with Crippen LogP contribution >= 0.6 is 0 Å². The number of halogens is 3. The molecule has 2 aromatic heterocycles. The van der Waals surface area contributed by atoms with E-state index in [0.717, 1.165) is 12.3 Å². The predicted octanol–water partition coefficient (Wildman–Crippen LogP) is 4.18. The van der Waals surface area contributed by atoms with Crippen LogP contribution in [0.5, 0.6) is 5.75 Å². The minimum absolute atomic E-state index is 0.0392. The Bertz CT molecular complexity index is 1110. The number of aromatic nitrogens is 3. The van der Waals surface area contributed by atoms with E-state index < -0.39 is 23.5 Å². The van der Waals surface area contributed by atoms with E-state index in [-0.39, 0.29) is 24.2 Å². The smallest absolute Gasteiger partial charge is 0.433 e. The van der Waals surface area contributed by atoms with Crippen LogP contribution < -0.4 is 20.3 Å². The second kappa shape index (κ2) is 9.38. The Morgan fingerprint density at radius 1 is 1.19 bits per heavy atom. The van der Waals surface area contributed by atoms with Crippen molar-refractivity contribution in [2.45, 2.75) is 83.5 Å². The van der Waals surface area contributed by atoms with Crippen LogP contribution in [0.3, 0.4) is 0 Å². The average molecular weight is 509 g/mol. The van der Waals surface area contributed by atoms with Gasteiger partial charge >= 0.3 is 6.18 Å². The molecule has 1 aliphatic carbocycles. The lowest BCUT2D eigenvalue weighted by atomic mass is 9.89. The summed E-state index contributed by atoms with van der Waals surface area (Å²) in [6.45, 7) is 9.49. The Balaban J connectivity index is 1.39. The second-order valence-corrected chi connectivity index (χ2v) is 10.2. The maximum Gasteiger partial charge on any atom is 0.433 e. The molecule has 2 aromatic rings. The van der Waals surface area contributed by atoms with Crippen molar-refractivity contribution in [2.24, 2.45) is 0 Å². The fourth-order valence-corrected chi connectivity index (χ4v) is 4.45. The Morgan fingerprint density at radius 3 is 2.47 bits per heavy atom. The van der Waals surface area contributed by atoms with Crippen LogP contribution in [0, 0.1) is 6.92 Å². The molecule has 12 heteroatoms. The zero-order chi connectivity index (χ0) is 26.4.